The number of unbranched alkanes of at least 4 members (excludes halogenated alkanes) is 1. The highest BCUT2D eigenvalue weighted by Crippen LogP contribution is 2.07. The zero-order chi connectivity index (χ0) is 9.40. The van der Waals surface area contributed by atoms with Crippen molar-refractivity contribution in [1.82, 2.24) is 0 Å². The first-order chi connectivity index (χ1) is 5.70. The molecule has 0 N–H and O–H groups in total. The maximum Gasteiger partial charge on any atom is 0.305 e. The molecule has 0 radical (unpaired) electrons. The Bertz CT molecular complexity index is 134. The van der Waals surface area contributed by atoms with Gasteiger partial charge in [0.1, 0.15) is 0 Å². The Kier molecular flexibility index (Phi) is 6.15. The lowest BCUT2D eigenvalue weighted by molar-refractivity contribution is -0.140. The van der Waals surface area contributed by atoms with Gasteiger partial charge < -0.3 is 9.47 Å². The normalized spacial score (nSPS) is 9.17. The number of methoxy groups -OCH3 is 2. The Morgan fingerprint density at radius 3 is 2.25 bits per heavy atom. The van der Waals surface area contributed by atoms with Crippen LogP contribution in [0, 0.1) is 0 Å². The molecule has 0 bridgehead atoms. The van der Waals surface area contributed by atoms with E-state index in [1.54, 1.807) is 7.11 Å². The van der Waals surface area contributed by atoms with E-state index in [-0.39, 0.29) is 5.97 Å². The van der Waals surface area contributed by atoms with Gasteiger partial charge in [0.25, 0.3) is 0 Å². The third-order valence-corrected chi connectivity index (χ3v) is 1.60. The quantitative estimate of drug-likeness (QED) is 0.348. The first kappa shape index (κ1) is 11.0. The zero-order valence-electron chi connectivity index (χ0n) is 7.76. The highest BCUT2D eigenvalue weighted by atomic mass is 16.5. The number of rotatable bonds is 6. The number of hydrogen-bond donors (Lipinski definition) is 0. The van der Waals surface area contributed by atoms with Crippen LogP contribution in [0.4, 0.5) is 0 Å². The van der Waals surface area contributed by atoms with Crippen molar-refractivity contribution in [2.24, 2.45) is 0 Å². The Labute approximate surface area is 73.4 Å². The third kappa shape index (κ3) is 5.77. The summed E-state index contributed by atoms with van der Waals surface area (Å²) in [5, 5.41) is 0. The summed E-state index contributed by atoms with van der Waals surface area (Å²) < 4.78 is 9.36. The molecule has 0 amide bonds. The highest BCUT2D eigenvalue weighted by molar-refractivity contribution is 5.68. The fourth-order valence-corrected chi connectivity index (χ4v) is 0.796. The average Bonchev–Trinajstić information content (AvgIpc) is 2.11. The summed E-state index contributed by atoms with van der Waals surface area (Å²) in [5.74, 6) is 0.609. The maximum absolute atomic E-state index is 10.7. The molecule has 0 aliphatic carbocycles. The molecule has 0 rings (SSSR count). The zero-order valence-corrected chi connectivity index (χ0v) is 7.76. The molecule has 0 aromatic carbocycles. The van der Waals surface area contributed by atoms with Gasteiger partial charge in [0.2, 0.25) is 0 Å². The molecule has 0 fully saturated rings. The van der Waals surface area contributed by atoms with Gasteiger partial charge in [0.05, 0.1) is 20.0 Å². The molecule has 0 atom stereocenters. The summed E-state index contributed by atoms with van der Waals surface area (Å²) in [6.45, 7) is 3.67. The highest BCUT2D eigenvalue weighted by Gasteiger charge is 1.99. The van der Waals surface area contributed by atoms with Gasteiger partial charge in [-0.3, -0.25) is 4.79 Å². The molecular weight excluding hydrogens is 156 g/mol. The molecule has 0 aliphatic rings. The van der Waals surface area contributed by atoms with Crippen LogP contribution in [0.25, 0.3) is 0 Å². The fourth-order valence-electron chi connectivity index (χ4n) is 0.796. The van der Waals surface area contributed by atoms with Crippen molar-refractivity contribution in [3.05, 3.63) is 12.3 Å². The van der Waals surface area contributed by atoms with E-state index < -0.39 is 0 Å². The van der Waals surface area contributed by atoms with Gasteiger partial charge in [-0.25, -0.2) is 0 Å². The van der Waals surface area contributed by atoms with E-state index in [0.717, 1.165) is 25.0 Å². The van der Waals surface area contributed by atoms with Crippen LogP contribution in [0.1, 0.15) is 25.7 Å². The topological polar surface area (TPSA) is 35.5 Å². The first-order valence-electron chi connectivity index (χ1n) is 3.99. The summed E-state index contributed by atoms with van der Waals surface area (Å²) in [6.07, 6.45) is 3.04. The minimum Gasteiger partial charge on any atom is -0.502 e. The van der Waals surface area contributed by atoms with Gasteiger partial charge >= 0.3 is 5.97 Å². The van der Waals surface area contributed by atoms with E-state index in [1.807, 2.05) is 0 Å². The monoisotopic (exact) mass is 172 g/mol. The summed E-state index contributed by atoms with van der Waals surface area (Å²) in [6, 6.07) is 0. The number of carbonyl (C=O) groups excluding carboxylic acids is 1. The van der Waals surface area contributed by atoms with Gasteiger partial charge in [-0.15, -0.1) is 0 Å². The number of carbonyl (C=O) groups is 1. The Hall–Kier alpha value is -0.990. The minimum absolute atomic E-state index is 0.155. The number of ether oxygens (including phenoxy) is 2. The second kappa shape index (κ2) is 6.70. The predicted octanol–water partition coefficient (Wildman–Crippen LogP) is 1.88. The fraction of sp³-hybridized carbons (Fsp3) is 0.667. The molecule has 0 spiro atoms. The van der Waals surface area contributed by atoms with E-state index in [9.17, 15) is 4.79 Å². The van der Waals surface area contributed by atoms with Crippen LogP contribution in [0.3, 0.4) is 0 Å². The molecule has 3 heteroatoms. The van der Waals surface area contributed by atoms with Crippen LogP contribution in [0.5, 0.6) is 0 Å². The van der Waals surface area contributed by atoms with Crippen LogP contribution in [-0.2, 0) is 14.3 Å². The Morgan fingerprint density at radius 1 is 1.17 bits per heavy atom. The maximum atomic E-state index is 10.7. The largest absolute Gasteiger partial charge is 0.502 e. The van der Waals surface area contributed by atoms with E-state index in [4.69, 9.17) is 4.74 Å². The van der Waals surface area contributed by atoms with Crippen LogP contribution >= 0.6 is 0 Å². The van der Waals surface area contributed by atoms with Gasteiger partial charge in [0.15, 0.2) is 0 Å². The summed E-state index contributed by atoms with van der Waals surface area (Å²) >= 11 is 0. The number of esters is 1. The van der Waals surface area contributed by atoms with Crippen LogP contribution in [-0.4, -0.2) is 20.2 Å². The smallest absolute Gasteiger partial charge is 0.305 e. The van der Waals surface area contributed by atoms with Crippen molar-refractivity contribution in [3.8, 4) is 0 Å². The molecule has 0 aliphatic heterocycles. The predicted molar refractivity (Wildman–Crippen MR) is 46.6 cm³/mol. The third-order valence-electron chi connectivity index (χ3n) is 1.60. The van der Waals surface area contributed by atoms with Crippen molar-refractivity contribution in [2.45, 2.75) is 25.7 Å². The molecule has 70 valence electrons. The minimum atomic E-state index is -0.155. The number of allylic oxidation sites excluding steroid dienone is 1. The van der Waals surface area contributed by atoms with Crippen molar-refractivity contribution < 1.29 is 14.3 Å². The molecule has 0 aromatic heterocycles. The van der Waals surface area contributed by atoms with Gasteiger partial charge in [0, 0.05) is 12.8 Å². The van der Waals surface area contributed by atoms with Crippen LogP contribution in [0.15, 0.2) is 12.3 Å². The lowest BCUT2D eigenvalue weighted by Gasteiger charge is -2.02. The van der Waals surface area contributed by atoms with Crippen molar-refractivity contribution in [1.29, 1.82) is 0 Å². The SMILES string of the molecule is C=C(CCCCC(=O)OC)OC. The molecule has 0 saturated heterocycles. The van der Waals surface area contributed by atoms with Gasteiger partial charge in [-0.05, 0) is 12.8 Å². The summed E-state index contributed by atoms with van der Waals surface area (Å²) in [5.41, 5.74) is 0. The second-order valence-corrected chi connectivity index (χ2v) is 2.53. The second-order valence-electron chi connectivity index (χ2n) is 2.53. The van der Waals surface area contributed by atoms with Gasteiger partial charge in [-0.1, -0.05) is 6.58 Å². The molecule has 3 nitrogen and oxygen atoms in total. The molecule has 12 heavy (non-hydrogen) atoms. The Morgan fingerprint density at radius 2 is 1.75 bits per heavy atom. The lowest BCUT2D eigenvalue weighted by Crippen LogP contribution is -1.99. The number of hydrogen-bond acceptors (Lipinski definition) is 3. The summed E-state index contributed by atoms with van der Waals surface area (Å²) in [4.78, 5) is 10.7. The molecular formula is C9H16O3. The van der Waals surface area contributed by atoms with E-state index in [1.165, 1.54) is 7.11 Å². The van der Waals surface area contributed by atoms with E-state index >= 15 is 0 Å². The summed E-state index contributed by atoms with van der Waals surface area (Å²) in [7, 11) is 3.00. The van der Waals surface area contributed by atoms with Crippen molar-refractivity contribution in [2.75, 3.05) is 14.2 Å². The van der Waals surface area contributed by atoms with E-state index in [2.05, 4.69) is 11.3 Å². The lowest BCUT2D eigenvalue weighted by atomic mass is 10.2. The van der Waals surface area contributed by atoms with Crippen molar-refractivity contribution >= 4 is 5.97 Å². The van der Waals surface area contributed by atoms with Crippen LogP contribution < -0.4 is 0 Å². The molecule has 0 saturated carbocycles. The molecule has 0 heterocycles. The first-order valence-corrected chi connectivity index (χ1v) is 3.99. The van der Waals surface area contributed by atoms with Gasteiger partial charge in [-0.2, -0.15) is 0 Å². The average molecular weight is 172 g/mol. The molecule has 0 aromatic rings. The van der Waals surface area contributed by atoms with Crippen LogP contribution in [0.2, 0.25) is 0 Å². The molecule has 0 unspecified atom stereocenters. The Balaban J connectivity index is 3.21. The standard InChI is InChI=1S/C9H16O3/c1-8(11-2)6-4-5-7-9(10)12-3/h1,4-7H2,2-3H3. The van der Waals surface area contributed by atoms with Crippen molar-refractivity contribution in [3.63, 3.8) is 0 Å². The van der Waals surface area contributed by atoms with E-state index in [0.29, 0.717) is 6.42 Å².